The number of rotatable bonds is 1. The zero-order valence-electron chi connectivity index (χ0n) is 12.3. The molecule has 0 saturated carbocycles. The molecule has 4 heteroatoms. The lowest BCUT2D eigenvalue weighted by Gasteiger charge is -2.31. The molecule has 0 fully saturated rings. The largest absolute Gasteiger partial charge is 0.444 e. The molecule has 0 radical (unpaired) electrons. The van der Waals surface area contributed by atoms with Crippen molar-refractivity contribution in [2.45, 2.75) is 45.8 Å². The number of carbonyl (C=O) groups excluding carboxylic acids is 1. The van der Waals surface area contributed by atoms with E-state index in [2.05, 4.69) is 12.1 Å². The Morgan fingerprint density at radius 1 is 1.40 bits per heavy atom. The molecule has 1 amide bonds. The Labute approximate surface area is 120 Å². The second kappa shape index (κ2) is 5.54. The van der Waals surface area contributed by atoms with Gasteiger partial charge in [-0.15, -0.1) is 0 Å². The summed E-state index contributed by atoms with van der Waals surface area (Å²) in [6.45, 7) is 6.86. The van der Waals surface area contributed by atoms with E-state index in [0.29, 0.717) is 19.5 Å². The van der Waals surface area contributed by atoms with E-state index in [1.165, 1.54) is 5.56 Å². The Morgan fingerprint density at radius 3 is 2.80 bits per heavy atom. The van der Waals surface area contributed by atoms with Crippen molar-refractivity contribution in [3.8, 4) is 6.07 Å². The minimum atomic E-state index is -0.464. The summed E-state index contributed by atoms with van der Waals surface area (Å²) in [6.07, 6.45) is 0.987. The van der Waals surface area contributed by atoms with Gasteiger partial charge in [-0.2, -0.15) is 5.26 Å². The van der Waals surface area contributed by atoms with Gasteiger partial charge in [-0.3, -0.25) is 0 Å². The number of benzene rings is 1. The molecular weight excluding hydrogens is 252 g/mol. The van der Waals surface area contributed by atoms with Crippen LogP contribution in [-0.4, -0.2) is 23.1 Å². The van der Waals surface area contributed by atoms with Gasteiger partial charge < -0.3 is 9.64 Å². The maximum atomic E-state index is 12.1. The van der Waals surface area contributed by atoms with Gasteiger partial charge >= 0.3 is 6.09 Å². The summed E-state index contributed by atoms with van der Waals surface area (Å²) in [7, 11) is 0. The Morgan fingerprint density at radius 2 is 2.15 bits per heavy atom. The van der Waals surface area contributed by atoms with Gasteiger partial charge in [0.25, 0.3) is 0 Å². The topological polar surface area (TPSA) is 53.3 Å². The number of nitriles is 1. The Bertz CT molecular complexity index is 553. The molecule has 0 unspecified atom stereocenters. The third-order valence-corrected chi connectivity index (χ3v) is 3.22. The lowest BCUT2D eigenvalue weighted by molar-refractivity contribution is 0.0224. The highest BCUT2D eigenvalue weighted by atomic mass is 16.6. The van der Waals surface area contributed by atoms with Crippen LogP contribution in [0.1, 0.15) is 37.5 Å². The van der Waals surface area contributed by atoms with Gasteiger partial charge in [-0.25, -0.2) is 4.79 Å². The summed E-state index contributed by atoms with van der Waals surface area (Å²) in [5, 5.41) is 8.73. The number of fused-ring (bicyclic) bond motifs is 1. The van der Waals surface area contributed by atoms with Gasteiger partial charge in [0.2, 0.25) is 0 Å². The molecule has 0 spiro atoms. The van der Waals surface area contributed by atoms with Gasteiger partial charge in [0.05, 0.1) is 12.5 Å². The van der Waals surface area contributed by atoms with Crippen molar-refractivity contribution >= 4 is 6.09 Å². The molecule has 1 aliphatic rings. The Balaban J connectivity index is 2.08. The molecule has 1 aromatic rings. The van der Waals surface area contributed by atoms with Gasteiger partial charge in [0, 0.05) is 13.1 Å². The van der Waals surface area contributed by atoms with Crippen LogP contribution in [0.3, 0.4) is 0 Å². The van der Waals surface area contributed by atoms with Crippen molar-refractivity contribution in [2.24, 2.45) is 0 Å². The average Bonchev–Trinajstić information content (AvgIpc) is 2.36. The van der Waals surface area contributed by atoms with Crippen LogP contribution in [0.5, 0.6) is 0 Å². The summed E-state index contributed by atoms with van der Waals surface area (Å²) in [5.74, 6) is 0. The molecule has 1 aliphatic heterocycles. The first kappa shape index (κ1) is 14.4. The van der Waals surface area contributed by atoms with E-state index in [-0.39, 0.29) is 6.09 Å². The van der Waals surface area contributed by atoms with Crippen molar-refractivity contribution in [2.75, 3.05) is 6.54 Å². The maximum Gasteiger partial charge on any atom is 0.410 e. The van der Waals surface area contributed by atoms with Crippen molar-refractivity contribution < 1.29 is 9.53 Å². The highest BCUT2D eigenvalue weighted by molar-refractivity contribution is 5.68. The zero-order valence-corrected chi connectivity index (χ0v) is 12.3. The van der Waals surface area contributed by atoms with E-state index in [9.17, 15) is 4.79 Å². The normalized spacial score (nSPS) is 14.4. The van der Waals surface area contributed by atoms with E-state index in [4.69, 9.17) is 10.00 Å². The first-order valence-corrected chi connectivity index (χ1v) is 6.84. The predicted octanol–water partition coefficient (Wildman–Crippen LogP) is 3.05. The number of hydrogen-bond donors (Lipinski definition) is 0. The molecule has 0 atom stereocenters. The van der Waals surface area contributed by atoms with Crippen LogP contribution in [0.2, 0.25) is 0 Å². The van der Waals surface area contributed by atoms with E-state index in [1.807, 2.05) is 32.9 Å². The molecule has 0 aliphatic carbocycles. The summed E-state index contributed by atoms with van der Waals surface area (Å²) in [5.41, 5.74) is 2.95. The van der Waals surface area contributed by atoms with Crippen LogP contribution >= 0.6 is 0 Å². The quantitative estimate of drug-likeness (QED) is 0.789. The zero-order chi connectivity index (χ0) is 14.8. The molecule has 4 nitrogen and oxygen atoms in total. The van der Waals surface area contributed by atoms with Gasteiger partial charge in [0.15, 0.2) is 0 Å². The number of hydrogen-bond acceptors (Lipinski definition) is 3. The van der Waals surface area contributed by atoms with Gasteiger partial charge in [0.1, 0.15) is 5.60 Å². The fraction of sp³-hybridized carbons (Fsp3) is 0.500. The van der Waals surface area contributed by atoms with Crippen LogP contribution in [0.4, 0.5) is 4.79 Å². The molecular formula is C16H20N2O2. The average molecular weight is 272 g/mol. The number of nitrogens with zero attached hydrogens (tertiary/aromatic N) is 2. The van der Waals surface area contributed by atoms with Crippen molar-refractivity contribution in [1.29, 1.82) is 5.26 Å². The predicted molar refractivity (Wildman–Crippen MR) is 76.1 cm³/mol. The molecule has 0 saturated heterocycles. The molecule has 1 aromatic carbocycles. The monoisotopic (exact) mass is 272 g/mol. The summed E-state index contributed by atoms with van der Waals surface area (Å²) < 4.78 is 5.40. The third kappa shape index (κ3) is 3.51. The number of ether oxygens (including phenoxy) is 1. The fourth-order valence-electron chi connectivity index (χ4n) is 2.29. The third-order valence-electron chi connectivity index (χ3n) is 3.22. The molecule has 0 aromatic heterocycles. The molecule has 20 heavy (non-hydrogen) atoms. The van der Waals surface area contributed by atoms with Crippen molar-refractivity contribution in [3.05, 3.63) is 34.9 Å². The van der Waals surface area contributed by atoms with Crippen LogP contribution in [0, 0.1) is 11.3 Å². The molecule has 106 valence electrons. The van der Waals surface area contributed by atoms with Crippen LogP contribution in [0.15, 0.2) is 18.2 Å². The van der Waals surface area contributed by atoms with Gasteiger partial charge in [-0.05, 0) is 43.9 Å². The molecule has 2 rings (SSSR count). The highest BCUT2D eigenvalue weighted by Crippen LogP contribution is 2.22. The Hall–Kier alpha value is -2.02. The standard InChI is InChI=1S/C16H20N2O2/c1-16(2,3)20-15(19)18-9-7-13-10-12(6-8-17)4-5-14(13)11-18/h4-5,10H,6-7,9,11H2,1-3H3. The summed E-state index contributed by atoms with van der Waals surface area (Å²) in [4.78, 5) is 13.8. The molecule has 0 bridgehead atoms. The first-order chi connectivity index (χ1) is 9.39. The Kier molecular flexibility index (Phi) is 3.99. The molecule has 0 N–H and O–H groups in total. The minimum Gasteiger partial charge on any atom is -0.444 e. The smallest absolute Gasteiger partial charge is 0.410 e. The van der Waals surface area contributed by atoms with E-state index in [0.717, 1.165) is 17.5 Å². The molecule has 1 heterocycles. The van der Waals surface area contributed by atoms with E-state index >= 15 is 0 Å². The second-order valence-corrected chi connectivity index (χ2v) is 6.09. The number of amides is 1. The number of carbonyl (C=O) groups is 1. The van der Waals surface area contributed by atoms with Crippen molar-refractivity contribution in [1.82, 2.24) is 4.90 Å². The highest BCUT2D eigenvalue weighted by Gasteiger charge is 2.25. The fourth-order valence-corrected chi connectivity index (χ4v) is 2.29. The minimum absolute atomic E-state index is 0.260. The van der Waals surface area contributed by atoms with Crippen molar-refractivity contribution in [3.63, 3.8) is 0 Å². The van der Waals surface area contributed by atoms with Crippen LogP contribution in [0.25, 0.3) is 0 Å². The second-order valence-electron chi connectivity index (χ2n) is 6.09. The van der Waals surface area contributed by atoms with Crippen LogP contribution < -0.4 is 0 Å². The lowest BCUT2D eigenvalue weighted by atomic mass is 9.97. The van der Waals surface area contributed by atoms with E-state index < -0.39 is 5.60 Å². The summed E-state index contributed by atoms with van der Waals surface area (Å²) >= 11 is 0. The first-order valence-electron chi connectivity index (χ1n) is 6.84. The maximum absolute atomic E-state index is 12.1. The lowest BCUT2D eigenvalue weighted by Crippen LogP contribution is -2.39. The van der Waals surface area contributed by atoms with Crippen LogP contribution in [-0.2, 0) is 24.1 Å². The summed E-state index contributed by atoms with van der Waals surface area (Å²) in [6, 6.07) is 8.20. The van der Waals surface area contributed by atoms with E-state index in [1.54, 1.807) is 4.90 Å². The van der Waals surface area contributed by atoms with Gasteiger partial charge in [-0.1, -0.05) is 18.2 Å². The SMILES string of the molecule is CC(C)(C)OC(=O)N1CCc2cc(CC#N)ccc2C1.